The fourth-order valence-electron chi connectivity index (χ4n) is 1.55. The summed E-state index contributed by atoms with van der Waals surface area (Å²) in [5, 5.41) is 0. The van der Waals surface area contributed by atoms with Crippen molar-refractivity contribution in [1.29, 1.82) is 0 Å². The van der Waals surface area contributed by atoms with Gasteiger partial charge in [-0.25, -0.2) is 0 Å². The van der Waals surface area contributed by atoms with E-state index in [1.54, 1.807) is 16.7 Å². The van der Waals surface area contributed by atoms with Crippen LogP contribution in [0.15, 0.2) is 65.6 Å². The minimum Gasteiger partial charge on any atom is -0.315 e. The van der Waals surface area contributed by atoms with E-state index in [4.69, 9.17) is 0 Å². The van der Waals surface area contributed by atoms with Crippen molar-refractivity contribution >= 4 is 23.4 Å². The van der Waals surface area contributed by atoms with E-state index in [0.717, 1.165) is 10.6 Å². The second-order valence-corrected chi connectivity index (χ2v) is 4.94. The zero-order valence-electron chi connectivity index (χ0n) is 10.2. The maximum absolute atomic E-state index is 12.0. The fourth-order valence-corrected chi connectivity index (χ4v) is 2.39. The Morgan fingerprint density at radius 3 is 2.17 bits per heavy atom. The molecule has 0 aromatic heterocycles. The number of hydrogen-bond donors (Lipinski definition) is 0. The lowest BCUT2D eigenvalue weighted by Gasteiger charge is -2.16. The van der Waals surface area contributed by atoms with Crippen LogP contribution in [0.25, 0.3) is 0 Å². The number of amides is 1. The lowest BCUT2D eigenvalue weighted by atomic mass is 10.3. The zero-order chi connectivity index (χ0) is 12.8. The summed E-state index contributed by atoms with van der Waals surface area (Å²) in [6.45, 7) is 0. The Kier molecular flexibility index (Phi) is 4.42. The molecule has 0 fully saturated rings. The molecule has 0 heterocycles. The van der Waals surface area contributed by atoms with Gasteiger partial charge in [0.05, 0.1) is 5.75 Å². The molecule has 0 aliphatic carbocycles. The lowest BCUT2D eigenvalue weighted by molar-refractivity contribution is -0.115. The number of nitrogens with zero attached hydrogens (tertiary/aromatic N) is 1. The van der Waals surface area contributed by atoms with Crippen LogP contribution in [0.3, 0.4) is 0 Å². The average molecular weight is 257 g/mol. The predicted molar refractivity (Wildman–Crippen MR) is 77.0 cm³/mol. The fraction of sp³-hybridized carbons (Fsp3) is 0.133. The summed E-state index contributed by atoms with van der Waals surface area (Å²) in [5.41, 5.74) is 0.927. The molecule has 0 unspecified atom stereocenters. The molecule has 0 spiro atoms. The maximum Gasteiger partial charge on any atom is 0.237 e. The van der Waals surface area contributed by atoms with E-state index >= 15 is 0 Å². The van der Waals surface area contributed by atoms with Crippen LogP contribution in [0.2, 0.25) is 0 Å². The number of carbonyl (C=O) groups is 1. The molecular formula is C15H15NOS. The van der Waals surface area contributed by atoms with E-state index in [1.165, 1.54) is 0 Å². The number of carbonyl (C=O) groups excluding carboxylic acids is 1. The van der Waals surface area contributed by atoms with Crippen LogP contribution in [-0.2, 0) is 4.79 Å². The van der Waals surface area contributed by atoms with E-state index in [1.807, 2.05) is 67.7 Å². The van der Waals surface area contributed by atoms with Crippen molar-refractivity contribution in [3.8, 4) is 0 Å². The number of anilines is 1. The standard InChI is InChI=1S/C15H15NOS/c1-16(13-8-4-2-5-9-13)15(17)12-18-14-10-6-3-7-11-14/h2-11H,12H2,1H3. The molecule has 2 rings (SSSR count). The number of hydrogen-bond acceptors (Lipinski definition) is 2. The molecular weight excluding hydrogens is 242 g/mol. The number of benzene rings is 2. The minimum absolute atomic E-state index is 0.107. The zero-order valence-corrected chi connectivity index (χ0v) is 11.1. The first-order valence-corrected chi connectivity index (χ1v) is 6.75. The van der Waals surface area contributed by atoms with Crippen LogP contribution in [0.4, 0.5) is 5.69 Å². The normalized spacial score (nSPS) is 10.1. The third-order valence-electron chi connectivity index (χ3n) is 2.62. The van der Waals surface area contributed by atoms with E-state index in [0.29, 0.717) is 5.75 Å². The SMILES string of the molecule is CN(C(=O)CSc1ccccc1)c1ccccc1. The Balaban J connectivity index is 1.93. The molecule has 0 radical (unpaired) electrons. The Morgan fingerprint density at radius 1 is 1.00 bits per heavy atom. The quantitative estimate of drug-likeness (QED) is 0.782. The Labute approximate surface area is 112 Å². The van der Waals surface area contributed by atoms with Crippen LogP contribution in [0.5, 0.6) is 0 Å². The van der Waals surface area contributed by atoms with E-state index in [9.17, 15) is 4.79 Å². The van der Waals surface area contributed by atoms with E-state index in [-0.39, 0.29) is 5.91 Å². The predicted octanol–water partition coefficient (Wildman–Crippen LogP) is 3.44. The average Bonchev–Trinajstić information content (AvgIpc) is 2.46. The highest BCUT2D eigenvalue weighted by Crippen LogP contribution is 2.19. The van der Waals surface area contributed by atoms with Gasteiger partial charge in [0.2, 0.25) is 5.91 Å². The van der Waals surface area contributed by atoms with Crippen LogP contribution >= 0.6 is 11.8 Å². The molecule has 0 aliphatic heterocycles. The van der Waals surface area contributed by atoms with Gasteiger partial charge in [-0.2, -0.15) is 0 Å². The van der Waals surface area contributed by atoms with Crippen molar-refractivity contribution < 1.29 is 4.79 Å². The molecule has 1 amide bonds. The summed E-state index contributed by atoms with van der Waals surface area (Å²) in [4.78, 5) is 14.8. The summed E-state index contributed by atoms with van der Waals surface area (Å²) in [5.74, 6) is 0.560. The molecule has 0 bridgehead atoms. The van der Waals surface area contributed by atoms with Crippen molar-refractivity contribution in [2.45, 2.75) is 4.90 Å². The Hall–Kier alpha value is -1.74. The van der Waals surface area contributed by atoms with E-state index < -0.39 is 0 Å². The molecule has 2 nitrogen and oxygen atoms in total. The smallest absolute Gasteiger partial charge is 0.237 e. The van der Waals surface area contributed by atoms with Gasteiger partial charge in [0, 0.05) is 17.6 Å². The minimum atomic E-state index is 0.107. The largest absolute Gasteiger partial charge is 0.315 e. The summed E-state index contributed by atoms with van der Waals surface area (Å²) < 4.78 is 0. The first kappa shape index (κ1) is 12.7. The molecule has 0 atom stereocenters. The molecule has 0 N–H and O–H groups in total. The van der Waals surface area contributed by atoms with Crippen molar-refractivity contribution in [3.05, 3.63) is 60.7 Å². The second kappa shape index (κ2) is 6.26. The maximum atomic E-state index is 12.0. The molecule has 3 heteroatoms. The first-order valence-electron chi connectivity index (χ1n) is 5.77. The van der Waals surface area contributed by atoms with Crippen LogP contribution in [0, 0.1) is 0 Å². The van der Waals surface area contributed by atoms with Gasteiger partial charge >= 0.3 is 0 Å². The topological polar surface area (TPSA) is 20.3 Å². The van der Waals surface area contributed by atoms with Crippen molar-refractivity contribution in [2.75, 3.05) is 17.7 Å². The summed E-state index contributed by atoms with van der Waals surface area (Å²) in [6, 6.07) is 19.6. The molecule has 18 heavy (non-hydrogen) atoms. The van der Waals surface area contributed by atoms with Gasteiger partial charge < -0.3 is 4.90 Å². The number of para-hydroxylation sites is 1. The van der Waals surface area contributed by atoms with Crippen LogP contribution in [0.1, 0.15) is 0 Å². The molecule has 2 aromatic rings. The van der Waals surface area contributed by atoms with Gasteiger partial charge in [-0.05, 0) is 24.3 Å². The van der Waals surface area contributed by atoms with Gasteiger partial charge in [-0.15, -0.1) is 11.8 Å². The molecule has 92 valence electrons. The summed E-state index contributed by atoms with van der Waals surface area (Å²) >= 11 is 1.56. The molecule has 0 aliphatic rings. The third kappa shape index (κ3) is 3.37. The monoisotopic (exact) mass is 257 g/mol. The third-order valence-corrected chi connectivity index (χ3v) is 3.62. The highest BCUT2D eigenvalue weighted by atomic mass is 32.2. The van der Waals surface area contributed by atoms with Crippen LogP contribution < -0.4 is 4.90 Å². The number of rotatable bonds is 4. The van der Waals surface area contributed by atoms with E-state index in [2.05, 4.69) is 0 Å². The highest BCUT2D eigenvalue weighted by molar-refractivity contribution is 8.00. The second-order valence-electron chi connectivity index (χ2n) is 3.89. The highest BCUT2D eigenvalue weighted by Gasteiger charge is 2.10. The van der Waals surface area contributed by atoms with Gasteiger partial charge in [-0.3, -0.25) is 4.79 Å². The van der Waals surface area contributed by atoms with Gasteiger partial charge in [0.25, 0.3) is 0 Å². The number of thioether (sulfide) groups is 1. The van der Waals surface area contributed by atoms with Gasteiger partial charge in [0.1, 0.15) is 0 Å². The lowest BCUT2D eigenvalue weighted by Crippen LogP contribution is -2.27. The van der Waals surface area contributed by atoms with Gasteiger partial charge in [0.15, 0.2) is 0 Å². The van der Waals surface area contributed by atoms with Crippen LogP contribution in [-0.4, -0.2) is 18.7 Å². The molecule has 0 saturated carbocycles. The van der Waals surface area contributed by atoms with Crippen molar-refractivity contribution in [3.63, 3.8) is 0 Å². The Bertz CT molecular complexity index is 498. The van der Waals surface area contributed by atoms with Crippen molar-refractivity contribution in [2.24, 2.45) is 0 Å². The van der Waals surface area contributed by atoms with Gasteiger partial charge in [-0.1, -0.05) is 36.4 Å². The molecule has 0 saturated heterocycles. The molecule has 2 aromatic carbocycles. The first-order chi connectivity index (χ1) is 8.77. The Morgan fingerprint density at radius 2 is 1.56 bits per heavy atom. The summed E-state index contributed by atoms with van der Waals surface area (Å²) in [7, 11) is 1.81. The summed E-state index contributed by atoms with van der Waals surface area (Å²) in [6.07, 6.45) is 0. The van der Waals surface area contributed by atoms with Crippen molar-refractivity contribution in [1.82, 2.24) is 0 Å².